The third-order valence-corrected chi connectivity index (χ3v) is 6.70. The van der Waals surface area contributed by atoms with E-state index in [1.807, 2.05) is 24.3 Å². The third kappa shape index (κ3) is 4.45. The maximum absolute atomic E-state index is 11.9. The number of carboxylic acid groups (broad SMARTS) is 1. The highest BCUT2D eigenvalue weighted by Gasteiger charge is 2.17. The lowest BCUT2D eigenvalue weighted by Gasteiger charge is -2.19. The molecular formula is C30H26N2O3. The van der Waals surface area contributed by atoms with Gasteiger partial charge in [-0.05, 0) is 70.7 Å². The number of aliphatic carboxylic acids is 1. The summed E-state index contributed by atoms with van der Waals surface area (Å²) >= 11 is 0. The number of benzene rings is 3. The minimum absolute atomic E-state index is 0.00111. The first-order valence-corrected chi connectivity index (χ1v) is 11.8. The summed E-state index contributed by atoms with van der Waals surface area (Å²) < 4.78 is 0. The molecule has 0 saturated heterocycles. The highest BCUT2D eigenvalue weighted by Crippen LogP contribution is 2.21. The fourth-order valence-electron chi connectivity index (χ4n) is 5.00. The number of fused-ring (bicyclic) bond motifs is 5. The van der Waals surface area contributed by atoms with Crippen LogP contribution in [0.15, 0.2) is 77.6 Å². The van der Waals surface area contributed by atoms with E-state index in [2.05, 4.69) is 52.8 Å². The molecule has 3 aromatic carbocycles. The molecule has 0 spiro atoms. The minimum atomic E-state index is -1.04. The second-order valence-electron chi connectivity index (χ2n) is 8.83. The normalized spacial score (nSPS) is 14.8. The molecule has 174 valence electrons. The van der Waals surface area contributed by atoms with Gasteiger partial charge in [-0.2, -0.15) is 0 Å². The summed E-state index contributed by atoms with van der Waals surface area (Å²) in [5.74, 6) is -0.808. The lowest BCUT2D eigenvalue weighted by atomic mass is 9.85. The van der Waals surface area contributed by atoms with Gasteiger partial charge in [0.25, 0.3) is 0 Å². The standard InChI is InChI=1S/C20H18O.C10H8N2O2/c1-13(21)15-7-4-8-17-18(15)11-12-19-16-6-3-2-5-14(16)9-10-20(17)19;13-10(14)9-6-12-8-4-2-1-3-7(8)5-11-9/h2-3,5-6,9,11-12H,4,7-8,10H2,1H3;1-6,12H,(H,13,14). The van der Waals surface area contributed by atoms with Crippen molar-refractivity contribution < 1.29 is 14.7 Å². The Morgan fingerprint density at radius 1 is 0.886 bits per heavy atom. The maximum Gasteiger partial charge on any atom is 0.356 e. The molecule has 3 aliphatic rings. The van der Waals surface area contributed by atoms with Gasteiger partial charge in [0.15, 0.2) is 11.5 Å². The number of hydrogen-bond acceptors (Lipinski definition) is 4. The molecule has 6 rings (SSSR count). The quantitative estimate of drug-likeness (QED) is 0.607. The van der Waals surface area contributed by atoms with Gasteiger partial charge in [-0.25, -0.2) is 9.79 Å². The van der Waals surface area contributed by atoms with Gasteiger partial charge in [0.2, 0.25) is 0 Å². The van der Waals surface area contributed by atoms with Crippen molar-refractivity contribution in [3.05, 3.63) is 110 Å². The summed E-state index contributed by atoms with van der Waals surface area (Å²) in [7, 11) is 0. The number of carbonyl (C=O) groups excluding carboxylic acids is 1. The van der Waals surface area contributed by atoms with Crippen molar-refractivity contribution in [3.8, 4) is 0 Å². The van der Waals surface area contributed by atoms with Gasteiger partial charge in [-0.3, -0.25) is 4.79 Å². The number of nitrogens with one attached hydrogen (secondary N) is 1. The van der Waals surface area contributed by atoms with E-state index in [0.29, 0.717) is 0 Å². The van der Waals surface area contributed by atoms with Crippen molar-refractivity contribution in [1.29, 1.82) is 0 Å². The summed E-state index contributed by atoms with van der Waals surface area (Å²) in [6.07, 6.45) is 9.35. The predicted molar refractivity (Wildman–Crippen MR) is 138 cm³/mol. The summed E-state index contributed by atoms with van der Waals surface area (Å²) in [5, 5.41) is 16.8. The first-order chi connectivity index (χ1) is 17.0. The number of carbonyl (C=O) groups is 2. The number of nitrogens with zero attached hydrogens (tertiary/aromatic N) is 1. The van der Waals surface area contributed by atoms with Crippen LogP contribution in [0.25, 0.3) is 11.6 Å². The van der Waals surface area contributed by atoms with Gasteiger partial charge in [-0.15, -0.1) is 0 Å². The molecule has 35 heavy (non-hydrogen) atoms. The smallest absolute Gasteiger partial charge is 0.356 e. The van der Waals surface area contributed by atoms with E-state index in [1.54, 1.807) is 6.92 Å². The molecule has 5 heteroatoms. The highest BCUT2D eigenvalue weighted by atomic mass is 16.4. The van der Waals surface area contributed by atoms with E-state index in [4.69, 9.17) is 5.11 Å². The lowest BCUT2D eigenvalue weighted by molar-refractivity contribution is -0.132. The molecule has 0 fully saturated rings. The van der Waals surface area contributed by atoms with E-state index in [-0.39, 0.29) is 11.5 Å². The van der Waals surface area contributed by atoms with Gasteiger partial charge >= 0.3 is 5.97 Å². The number of para-hydroxylation sites is 1. The van der Waals surface area contributed by atoms with Gasteiger partial charge in [0, 0.05) is 29.2 Å². The van der Waals surface area contributed by atoms with Crippen molar-refractivity contribution in [3.63, 3.8) is 0 Å². The van der Waals surface area contributed by atoms with E-state index in [0.717, 1.165) is 42.5 Å². The molecule has 1 aliphatic heterocycles. The second kappa shape index (κ2) is 9.55. The Hall–Kier alpha value is -4.25. The summed E-state index contributed by atoms with van der Waals surface area (Å²) in [6.45, 7) is 1.70. The molecule has 0 radical (unpaired) electrons. The fraction of sp³-hybridized carbons (Fsp3) is 0.167. The zero-order valence-electron chi connectivity index (χ0n) is 19.5. The Morgan fingerprint density at radius 3 is 2.49 bits per heavy atom. The van der Waals surface area contributed by atoms with Crippen molar-refractivity contribution in [2.75, 3.05) is 5.32 Å². The van der Waals surface area contributed by atoms with Crippen LogP contribution in [0.2, 0.25) is 0 Å². The van der Waals surface area contributed by atoms with E-state index >= 15 is 0 Å². The Morgan fingerprint density at radius 2 is 1.66 bits per heavy atom. The summed E-state index contributed by atoms with van der Waals surface area (Å²) in [5.41, 5.74) is 5.60. The Kier molecular flexibility index (Phi) is 6.15. The van der Waals surface area contributed by atoms with Gasteiger partial charge in [-0.1, -0.05) is 60.7 Å². The number of aliphatic imine (C=N–C) groups is 1. The Labute approximate surface area is 203 Å². The van der Waals surface area contributed by atoms with Crippen LogP contribution in [0.4, 0.5) is 5.69 Å². The van der Waals surface area contributed by atoms with Crippen LogP contribution >= 0.6 is 0 Å². The second-order valence-corrected chi connectivity index (χ2v) is 8.83. The van der Waals surface area contributed by atoms with Gasteiger partial charge < -0.3 is 10.4 Å². The molecule has 0 amide bonds. The lowest BCUT2D eigenvalue weighted by Crippen LogP contribution is -2.24. The molecule has 2 N–H and O–H groups in total. The molecule has 0 aromatic heterocycles. The maximum atomic E-state index is 11.9. The van der Waals surface area contributed by atoms with E-state index in [1.165, 1.54) is 44.4 Å². The molecule has 5 nitrogen and oxygen atoms in total. The van der Waals surface area contributed by atoms with Crippen molar-refractivity contribution in [2.45, 2.75) is 32.6 Å². The molecule has 0 bridgehead atoms. The number of ketones is 1. The topological polar surface area (TPSA) is 78.8 Å². The Bertz CT molecular complexity index is 1630. The highest BCUT2D eigenvalue weighted by molar-refractivity contribution is 6.13. The molecular weight excluding hydrogens is 436 g/mol. The zero-order chi connectivity index (χ0) is 24.4. The average Bonchev–Trinajstić information content (AvgIpc) is 3.11. The number of Topliss-reactive ketones (excluding diaryl/α,β-unsaturated/α-hetero) is 1. The monoisotopic (exact) mass is 462 g/mol. The van der Waals surface area contributed by atoms with Crippen molar-refractivity contribution in [1.82, 2.24) is 0 Å². The largest absolute Gasteiger partial charge is 0.476 e. The minimum Gasteiger partial charge on any atom is -0.476 e. The van der Waals surface area contributed by atoms with Crippen molar-refractivity contribution in [2.24, 2.45) is 4.99 Å². The van der Waals surface area contributed by atoms with Crippen LogP contribution in [0, 0.1) is 10.4 Å². The zero-order valence-corrected chi connectivity index (χ0v) is 19.5. The number of carboxylic acids is 1. The summed E-state index contributed by atoms with van der Waals surface area (Å²) in [4.78, 5) is 26.4. The third-order valence-electron chi connectivity index (χ3n) is 6.70. The molecule has 2 aliphatic carbocycles. The van der Waals surface area contributed by atoms with Crippen LogP contribution in [0.5, 0.6) is 0 Å². The van der Waals surface area contributed by atoms with Crippen LogP contribution in [-0.4, -0.2) is 23.1 Å². The van der Waals surface area contributed by atoms with Gasteiger partial charge in [0.05, 0.1) is 0 Å². The van der Waals surface area contributed by atoms with E-state index in [9.17, 15) is 9.59 Å². The van der Waals surface area contributed by atoms with Crippen LogP contribution in [-0.2, 0) is 22.4 Å². The molecule has 1 heterocycles. The molecule has 3 aromatic rings. The molecule has 0 saturated carbocycles. The van der Waals surface area contributed by atoms with Crippen molar-refractivity contribution >= 4 is 35.3 Å². The SMILES string of the molecule is CC(=O)C1=c2ccc3c(c2CCC1)CC=c1ccccc1=3.O=C(O)C1=CNc2ccccc2C=N1. The number of rotatable bonds is 2. The van der Waals surface area contributed by atoms with E-state index < -0.39 is 5.97 Å². The van der Waals surface area contributed by atoms with Crippen LogP contribution in [0.1, 0.15) is 36.5 Å². The molecule has 0 atom stereocenters. The fourth-order valence-corrected chi connectivity index (χ4v) is 5.00. The Balaban J connectivity index is 0.000000158. The number of anilines is 1. The molecule has 0 unspecified atom stereocenters. The predicted octanol–water partition coefficient (Wildman–Crippen LogP) is 3.84. The van der Waals surface area contributed by atoms with Crippen LogP contribution in [0.3, 0.4) is 0 Å². The average molecular weight is 463 g/mol. The summed E-state index contributed by atoms with van der Waals surface area (Å²) in [6, 6.07) is 20.5. The van der Waals surface area contributed by atoms with Crippen LogP contribution < -0.4 is 15.8 Å². The number of hydrogen-bond donors (Lipinski definition) is 2. The first kappa shape index (κ1) is 22.5. The van der Waals surface area contributed by atoms with Gasteiger partial charge in [0.1, 0.15) is 0 Å². The first-order valence-electron chi connectivity index (χ1n) is 11.8.